The molecular formula is C27H34F3N3O2. The molecule has 3 atom stereocenters. The normalized spacial score (nSPS) is 23.7. The maximum Gasteiger partial charge on any atom is 0.390 e. The van der Waals surface area contributed by atoms with E-state index in [1.165, 1.54) is 0 Å². The molecule has 0 spiro atoms. The number of alkyl halides is 3. The summed E-state index contributed by atoms with van der Waals surface area (Å²) in [5.74, 6) is 0.0189. The Bertz CT molecular complexity index is 1010. The highest BCUT2D eigenvalue weighted by Crippen LogP contribution is 2.42. The lowest BCUT2D eigenvalue weighted by atomic mass is 9.74. The van der Waals surface area contributed by atoms with Gasteiger partial charge in [-0.15, -0.1) is 0 Å². The monoisotopic (exact) mass is 489 g/mol. The van der Waals surface area contributed by atoms with Crippen LogP contribution >= 0.6 is 0 Å². The van der Waals surface area contributed by atoms with Crippen LogP contribution in [0.5, 0.6) is 0 Å². The van der Waals surface area contributed by atoms with Crippen molar-refractivity contribution >= 4 is 5.91 Å². The van der Waals surface area contributed by atoms with Gasteiger partial charge in [0.2, 0.25) is 0 Å². The van der Waals surface area contributed by atoms with Crippen LogP contribution in [0.2, 0.25) is 0 Å². The minimum absolute atomic E-state index is 0.0190. The SMILES string of the molecule is CN(C)C(=O)c1cccc(-c2ccc([C@H]3[C@H](CO)N4CCCCN(CCC(F)(F)F)C[C@@H]34)cc2)c1. The molecule has 0 aromatic heterocycles. The van der Waals surface area contributed by atoms with E-state index in [0.29, 0.717) is 18.7 Å². The molecule has 2 heterocycles. The Balaban J connectivity index is 1.52. The van der Waals surface area contributed by atoms with Crippen molar-refractivity contribution in [2.45, 2.75) is 43.4 Å². The minimum Gasteiger partial charge on any atom is -0.395 e. The molecule has 2 aromatic carbocycles. The first-order chi connectivity index (χ1) is 16.7. The van der Waals surface area contributed by atoms with E-state index >= 15 is 0 Å². The third kappa shape index (κ3) is 5.88. The van der Waals surface area contributed by atoms with Crippen LogP contribution in [0, 0.1) is 0 Å². The molecule has 0 bridgehead atoms. The molecule has 0 radical (unpaired) electrons. The molecule has 0 aliphatic carbocycles. The van der Waals surface area contributed by atoms with Crippen molar-refractivity contribution in [3.63, 3.8) is 0 Å². The highest BCUT2D eigenvalue weighted by Gasteiger charge is 2.49. The number of amides is 1. The number of carbonyl (C=O) groups excluding carboxylic acids is 1. The van der Waals surface area contributed by atoms with E-state index in [0.717, 1.165) is 36.1 Å². The van der Waals surface area contributed by atoms with Gasteiger partial charge < -0.3 is 14.9 Å². The predicted octanol–water partition coefficient (Wildman–Crippen LogP) is 4.23. The maximum absolute atomic E-state index is 12.8. The Labute approximate surface area is 205 Å². The summed E-state index contributed by atoms with van der Waals surface area (Å²) in [6, 6.07) is 15.7. The van der Waals surface area contributed by atoms with Gasteiger partial charge >= 0.3 is 6.18 Å². The molecule has 35 heavy (non-hydrogen) atoms. The molecule has 190 valence electrons. The van der Waals surface area contributed by atoms with Crippen molar-refractivity contribution in [2.24, 2.45) is 0 Å². The number of hydrogen-bond donors (Lipinski definition) is 1. The van der Waals surface area contributed by atoms with Crippen LogP contribution < -0.4 is 0 Å². The molecule has 1 N–H and O–H groups in total. The average molecular weight is 490 g/mol. The number of hydrogen-bond acceptors (Lipinski definition) is 4. The van der Waals surface area contributed by atoms with Gasteiger partial charge in [-0.3, -0.25) is 9.69 Å². The molecule has 2 aromatic rings. The summed E-state index contributed by atoms with van der Waals surface area (Å²) in [6.45, 7) is 2.17. The Morgan fingerprint density at radius 1 is 1.06 bits per heavy atom. The molecule has 1 amide bonds. The van der Waals surface area contributed by atoms with Gasteiger partial charge in [0, 0.05) is 50.7 Å². The van der Waals surface area contributed by atoms with Crippen molar-refractivity contribution in [2.75, 3.05) is 46.9 Å². The fourth-order valence-corrected chi connectivity index (χ4v) is 5.49. The first kappa shape index (κ1) is 25.7. The van der Waals surface area contributed by atoms with E-state index in [1.54, 1.807) is 25.1 Å². The first-order valence-electron chi connectivity index (χ1n) is 12.3. The van der Waals surface area contributed by atoms with Crippen molar-refractivity contribution < 1.29 is 23.1 Å². The van der Waals surface area contributed by atoms with Crippen LogP contribution in [0.1, 0.15) is 41.1 Å². The Hall–Kier alpha value is -2.42. The van der Waals surface area contributed by atoms with Gasteiger partial charge in [-0.2, -0.15) is 13.2 Å². The van der Waals surface area contributed by atoms with Gasteiger partial charge in [0.15, 0.2) is 0 Å². The molecule has 5 nitrogen and oxygen atoms in total. The number of carbonyl (C=O) groups is 1. The van der Waals surface area contributed by atoms with Crippen LogP contribution in [0.25, 0.3) is 11.1 Å². The topological polar surface area (TPSA) is 47.0 Å². The third-order valence-corrected chi connectivity index (χ3v) is 7.31. The second-order valence-electron chi connectivity index (χ2n) is 9.86. The third-order valence-electron chi connectivity index (χ3n) is 7.31. The van der Waals surface area contributed by atoms with Gasteiger partial charge in [0.1, 0.15) is 0 Å². The zero-order valence-electron chi connectivity index (χ0n) is 20.3. The first-order valence-corrected chi connectivity index (χ1v) is 12.3. The van der Waals surface area contributed by atoms with E-state index in [9.17, 15) is 23.1 Å². The number of aliphatic hydroxyl groups is 1. The molecule has 4 rings (SSSR count). The van der Waals surface area contributed by atoms with Crippen LogP contribution in [0.15, 0.2) is 48.5 Å². The lowest BCUT2D eigenvalue weighted by molar-refractivity contribution is -0.140. The molecule has 0 unspecified atom stereocenters. The van der Waals surface area contributed by atoms with Gasteiger partial charge in [-0.05, 0) is 54.8 Å². The van der Waals surface area contributed by atoms with Crippen molar-refractivity contribution in [1.82, 2.24) is 14.7 Å². The number of rotatable bonds is 6. The van der Waals surface area contributed by atoms with E-state index in [-0.39, 0.29) is 37.1 Å². The highest BCUT2D eigenvalue weighted by molar-refractivity contribution is 5.95. The van der Waals surface area contributed by atoms with Gasteiger partial charge in [0.25, 0.3) is 5.91 Å². The van der Waals surface area contributed by atoms with Gasteiger partial charge in [-0.25, -0.2) is 0 Å². The summed E-state index contributed by atoms with van der Waals surface area (Å²) in [4.78, 5) is 18.1. The van der Waals surface area contributed by atoms with Gasteiger partial charge in [-0.1, -0.05) is 36.4 Å². The smallest absolute Gasteiger partial charge is 0.390 e. The fourth-order valence-electron chi connectivity index (χ4n) is 5.49. The average Bonchev–Trinajstić information content (AvgIpc) is 2.81. The molecule has 2 saturated heterocycles. The maximum atomic E-state index is 12.8. The fraction of sp³-hybridized carbons (Fsp3) is 0.519. The number of nitrogens with zero attached hydrogens (tertiary/aromatic N) is 3. The molecule has 2 aliphatic rings. The lowest BCUT2D eigenvalue weighted by Gasteiger charge is -2.57. The summed E-state index contributed by atoms with van der Waals surface area (Å²) >= 11 is 0. The Morgan fingerprint density at radius 2 is 1.77 bits per heavy atom. The number of fused-ring (bicyclic) bond motifs is 1. The van der Waals surface area contributed by atoms with Crippen LogP contribution in [-0.4, -0.2) is 90.9 Å². The quantitative estimate of drug-likeness (QED) is 0.660. The molecule has 2 aliphatic heterocycles. The predicted molar refractivity (Wildman–Crippen MR) is 130 cm³/mol. The molecule has 2 fully saturated rings. The number of aliphatic hydroxyl groups excluding tert-OH is 1. The van der Waals surface area contributed by atoms with Crippen molar-refractivity contribution in [3.05, 3.63) is 59.7 Å². The zero-order chi connectivity index (χ0) is 25.2. The van der Waals surface area contributed by atoms with Gasteiger partial charge in [0.05, 0.1) is 13.0 Å². The van der Waals surface area contributed by atoms with Crippen LogP contribution in [-0.2, 0) is 0 Å². The second kappa shape index (κ2) is 10.7. The second-order valence-corrected chi connectivity index (χ2v) is 9.86. The minimum atomic E-state index is -4.15. The summed E-state index contributed by atoms with van der Waals surface area (Å²) in [7, 11) is 3.45. The number of benzene rings is 2. The Morgan fingerprint density at radius 3 is 2.43 bits per heavy atom. The number of halogens is 3. The summed E-state index contributed by atoms with van der Waals surface area (Å²) in [5.41, 5.74) is 3.65. The Kier molecular flexibility index (Phi) is 7.83. The van der Waals surface area contributed by atoms with E-state index in [2.05, 4.69) is 17.0 Å². The van der Waals surface area contributed by atoms with Crippen LogP contribution in [0.3, 0.4) is 0 Å². The van der Waals surface area contributed by atoms with E-state index in [1.807, 2.05) is 35.2 Å². The standard InChI is InChI=1S/C27H34F3N3O2/c1-31(2)26(35)22-7-5-6-21(16-22)19-8-10-20(11-9-19)25-23-17-32(15-12-27(28,29)30)13-3-4-14-33(23)24(25)18-34/h5-11,16,23-25,34H,3-4,12-15,17-18H2,1-2H3/t23-,24-,25+/m0/s1. The van der Waals surface area contributed by atoms with E-state index < -0.39 is 12.6 Å². The molecule has 8 heteroatoms. The summed E-state index contributed by atoms with van der Waals surface area (Å²) in [6.07, 6.45) is -3.16. The molecule has 0 saturated carbocycles. The van der Waals surface area contributed by atoms with Crippen LogP contribution in [0.4, 0.5) is 13.2 Å². The van der Waals surface area contributed by atoms with Crippen molar-refractivity contribution in [3.8, 4) is 11.1 Å². The van der Waals surface area contributed by atoms with Crippen molar-refractivity contribution in [1.29, 1.82) is 0 Å². The lowest BCUT2D eigenvalue weighted by Crippen LogP contribution is -2.67. The summed E-state index contributed by atoms with van der Waals surface area (Å²) in [5, 5.41) is 10.1. The highest BCUT2D eigenvalue weighted by atomic mass is 19.4. The molecular weight excluding hydrogens is 455 g/mol. The zero-order valence-corrected chi connectivity index (χ0v) is 20.3. The largest absolute Gasteiger partial charge is 0.395 e. The summed E-state index contributed by atoms with van der Waals surface area (Å²) < 4.78 is 38.5. The van der Waals surface area contributed by atoms with E-state index in [4.69, 9.17) is 0 Å².